The number of carbonyl (C=O) groups excluding carboxylic acids is 1. The molecular formula is C19H26N4O2. The first-order valence-electron chi connectivity index (χ1n) is 8.90. The molecule has 1 aromatic carbocycles. The molecule has 1 saturated heterocycles. The number of carbonyl (C=O) groups is 1. The molecular weight excluding hydrogens is 316 g/mol. The standard InChI is InChI=1S/C19H26N4O2/c1-3-20-11-10-16-8-9-19(24)22(16)13-15-12-21-23(14-15)17-6-4-5-7-18(17)25-2/h4-7,12,14,16,20H,3,8-11,13H2,1-2H3. The first-order chi connectivity index (χ1) is 12.2. The fourth-order valence-corrected chi connectivity index (χ4v) is 3.35. The van der Waals surface area contributed by atoms with Crippen LogP contribution in [0.25, 0.3) is 5.69 Å². The third-order valence-corrected chi connectivity index (χ3v) is 4.68. The van der Waals surface area contributed by atoms with Gasteiger partial charge in [0.15, 0.2) is 0 Å². The molecule has 2 heterocycles. The van der Waals surface area contributed by atoms with E-state index in [1.165, 1.54) is 0 Å². The van der Waals surface area contributed by atoms with Crippen molar-refractivity contribution in [3.8, 4) is 11.4 Å². The summed E-state index contributed by atoms with van der Waals surface area (Å²) < 4.78 is 7.21. The third kappa shape index (κ3) is 4.02. The highest BCUT2D eigenvalue weighted by molar-refractivity contribution is 5.78. The van der Waals surface area contributed by atoms with Gasteiger partial charge in [0.2, 0.25) is 5.91 Å². The number of aromatic nitrogens is 2. The maximum Gasteiger partial charge on any atom is 0.223 e. The highest BCUT2D eigenvalue weighted by Gasteiger charge is 2.30. The number of nitrogens with one attached hydrogen (secondary N) is 1. The molecule has 25 heavy (non-hydrogen) atoms. The van der Waals surface area contributed by atoms with Crippen molar-refractivity contribution in [1.29, 1.82) is 0 Å². The molecule has 1 aliphatic rings. The minimum absolute atomic E-state index is 0.242. The molecule has 0 bridgehead atoms. The molecule has 1 atom stereocenters. The van der Waals surface area contributed by atoms with Crippen LogP contribution in [0.4, 0.5) is 0 Å². The van der Waals surface area contributed by atoms with Crippen LogP contribution < -0.4 is 10.1 Å². The largest absolute Gasteiger partial charge is 0.494 e. The van der Waals surface area contributed by atoms with Gasteiger partial charge in [0.05, 0.1) is 13.3 Å². The Bertz CT molecular complexity index is 713. The zero-order valence-electron chi connectivity index (χ0n) is 14.9. The molecule has 1 aliphatic heterocycles. The Hall–Kier alpha value is -2.34. The summed E-state index contributed by atoms with van der Waals surface area (Å²) >= 11 is 0. The summed E-state index contributed by atoms with van der Waals surface area (Å²) in [7, 11) is 1.65. The number of benzene rings is 1. The van der Waals surface area contributed by atoms with Gasteiger partial charge in [-0.1, -0.05) is 19.1 Å². The number of ether oxygens (including phenoxy) is 1. The SMILES string of the molecule is CCNCCC1CCC(=O)N1Cc1cnn(-c2ccccc2OC)c1. The smallest absolute Gasteiger partial charge is 0.223 e. The Morgan fingerprint density at radius 2 is 2.20 bits per heavy atom. The summed E-state index contributed by atoms with van der Waals surface area (Å²) in [5, 5.41) is 7.79. The Labute approximate surface area is 148 Å². The normalized spacial score (nSPS) is 17.3. The number of hydrogen-bond donors (Lipinski definition) is 1. The lowest BCUT2D eigenvalue weighted by atomic mass is 10.1. The molecule has 0 saturated carbocycles. The Morgan fingerprint density at radius 3 is 3.00 bits per heavy atom. The predicted octanol–water partition coefficient (Wildman–Crippen LogP) is 2.37. The van der Waals surface area contributed by atoms with Gasteiger partial charge in [-0.05, 0) is 38.1 Å². The van der Waals surface area contributed by atoms with Crippen LogP contribution in [0.15, 0.2) is 36.7 Å². The molecule has 1 unspecified atom stereocenters. The lowest BCUT2D eigenvalue weighted by molar-refractivity contribution is -0.129. The topological polar surface area (TPSA) is 59.4 Å². The molecule has 1 amide bonds. The van der Waals surface area contributed by atoms with Crippen LogP contribution in [0, 0.1) is 0 Å². The molecule has 6 nitrogen and oxygen atoms in total. The van der Waals surface area contributed by atoms with Crippen molar-refractivity contribution in [1.82, 2.24) is 20.0 Å². The van der Waals surface area contributed by atoms with E-state index in [-0.39, 0.29) is 5.91 Å². The molecule has 1 N–H and O–H groups in total. The summed E-state index contributed by atoms with van der Waals surface area (Å²) in [5.41, 5.74) is 1.93. The van der Waals surface area contributed by atoms with E-state index in [1.807, 2.05) is 46.2 Å². The van der Waals surface area contributed by atoms with Gasteiger partial charge in [-0.15, -0.1) is 0 Å². The van der Waals surface area contributed by atoms with Gasteiger partial charge in [-0.3, -0.25) is 4.79 Å². The van der Waals surface area contributed by atoms with E-state index < -0.39 is 0 Å². The van der Waals surface area contributed by atoms with Crippen molar-refractivity contribution in [2.24, 2.45) is 0 Å². The summed E-state index contributed by atoms with van der Waals surface area (Å²) in [6.45, 7) is 4.63. The van der Waals surface area contributed by atoms with Gasteiger partial charge in [-0.25, -0.2) is 4.68 Å². The van der Waals surface area contributed by atoms with Crippen LogP contribution in [0.1, 0.15) is 31.7 Å². The van der Waals surface area contributed by atoms with E-state index in [9.17, 15) is 4.79 Å². The quantitative estimate of drug-likeness (QED) is 0.748. The summed E-state index contributed by atoms with van der Waals surface area (Å²) in [4.78, 5) is 14.3. The van der Waals surface area contributed by atoms with Crippen LogP contribution in [0.2, 0.25) is 0 Å². The van der Waals surface area contributed by atoms with Gasteiger partial charge >= 0.3 is 0 Å². The fraction of sp³-hybridized carbons (Fsp3) is 0.474. The number of methoxy groups -OCH3 is 1. The number of nitrogens with zero attached hydrogens (tertiary/aromatic N) is 3. The van der Waals surface area contributed by atoms with E-state index in [0.29, 0.717) is 19.0 Å². The van der Waals surface area contributed by atoms with Crippen molar-refractivity contribution < 1.29 is 9.53 Å². The second-order valence-electron chi connectivity index (χ2n) is 6.32. The van der Waals surface area contributed by atoms with E-state index in [0.717, 1.165) is 42.9 Å². The van der Waals surface area contributed by atoms with Gasteiger partial charge in [0.1, 0.15) is 11.4 Å². The maximum atomic E-state index is 12.3. The molecule has 1 aromatic heterocycles. The van der Waals surface area contributed by atoms with Gasteiger partial charge < -0.3 is 15.0 Å². The molecule has 134 valence electrons. The van der Waals surface area contributed by atoms with E-state index in [1.54, 1.807) is 7.11 Å². The minimum atomic E-state index is 0.242. The summed E-state index contributed by atoms with van der Waals surface area (Å²) in [6.07, 6.45) is 6.41. The van der Waals surface area contributed by atoms with Crippen molar-refractivity contribution in [3.63, 3.8) is 0 Å². The minimum Gasteiger partial charge on any atom is -0.494 e. The van der Waals surface area contributed by atoms with Crippen LogP contribution >= 0.6 is 0 Å². The van der Waals surface area contributed by atoms with Crippen LogP contribution in [0.5, 0.6) is 5.75 Å². The summed E-state index contributed by atoms with van der Waals surface area (Å²) in [5.74, 6) is 1.02. The molecule has 0 aliphatic carbocycles. The summed E-state index contributed by atoms with van der Waals surface area (Å²) in [6, 6.07) is 8.10. The highest BCUT2D eigenvalue weighted by Crippen LogP contribution is 2.25. The third-order valence-electron chi connectivity index (χ3n) is 4.68. The number of rotatable bonds is 8. The first-order valence-corrected chi connectivity index (χ1v) is 8.90. The molecule has 3 rings (SSSR count). The Morgan fingerprint density at radius 1 is 1.36 bits per heavy atom. The number of likely N-dealkylation sites (tertiary alicyclic amines) is 1. The second-order valence-corrected chi connectivity index (χ2v) is 6.32. The van der Waals surface area contributed by atoms with Crippen LogP contribution in [-0.2, 0) is 11.3 Å². The second kappa shape index (κ2) is 8.16. The van der Waals surface area contributed by atoms with E-state index in [4.69, 9.17) is 4.74 Å². The molecule has 2 aromatic rings. The monoisotopic (exact) mass is 342 g/mol. The predicted molar refractivity (Wildman–Crippen MR) is 96.8 cm³/mol. The maximum absolute atomic E-state index is 12.3. The first kappa shape index (κ1) is 17.5. The van der Waals surface area contributed by atoms with Crippen LogP contribution in [0.3, 0.4) is 0 Å². The van der Waals surface area contributed by atoms with Crippen LogP contribution in [-0.4, -0.2) is 46.8 Å². The highest BCUT2D eigenvalue weighted by atomic mass is 16.5. The molecule has 1 fully saturated rings. The lowest BCUT2D eigenvalue weighted by Crippen LogP contribution is -2.34. The average molecular weight is 342 g/mol. The average Bonchev–Trinajstić information content (AvgIpc) is 3.24. The molecule has 0 radical (unpaired) electrons. The lowest BCUT2D eigenvalue weighted by Gasteiger charge is -2.24. The fourth-order valence-electron chi connectivity index (χ4n) is 3.35. The number of para-hydroxylation sites is 2. The van der Waals surface area contributed by atoms with Gasteiger partial charge in [0.25, 0.3) is 0 Å². The van der Waals surface area contributed by atoms with Gasteiger partial charge in [0, 0.05) is 30.8 Å². The van der Waals surface area contributed by atoms with E-state index >= 15 is 0 Å². The Balaban J connectivity index is 1.70. The zero-order chi connectivity index (χ0) is 17.6. The van der Waals surface area contributed by atoms with Crippen molar-refractivity contribution in [2.75, 3.05) is 20.2 Å². The molecule has 0 spiro atoms. The van der Waals surface area contributed by atoms with Crippen molar-refractivity contribution in [2.45, 2.75) is 38.8 Å². The molecule has 6 heteroatoms. The van der Waals surface area contributed by atoms with Crippen molar-refractivity contribution in [3.05, 3.63) is 42.2 Å². The number of amides is 1. The number of hydrogen-bond acceptors (Lipinski definition) is 4. The Kier molecular flexibility index (Phi) is 5.71. The van der Waals surface area contributed by atoms with Gasteiger partial charge in [-0.2, -0.15) is 5.10 Å². The van der Waals surface area contributed by atoms with E-state index in [2.05, 4.69) is 17.3 Å². The van der Waals surface area contributed by atoms with Crippen molar-refractivity contribution >= 4 is 5.91 Å². The zero-order valence-corrected chi connectivity index (χ0v) is 14.9.